The van der Waals surface area contributed by atoms with Crippen molar-refractivity contribution in [2.75, 3.05) is 11.9 Å². The van der Waals surface area contributed by atoms with Crippen LogP contribution in [0.1, 0.15) is 71.1 Å². The molecule has 23 heavy (non-hydrogen) atoms. The summed E-state index contributed by atoms with van der Waals surface area (Å²) in [7, 11) is 0. The Kier molecular flexibility index (Phi) is 10.5. The minimum Gasteiger partial charge on any atom is -0.379 e. The van der Waals surface area contributed by atoms with Crippen LogP contribution in [0.2, 0.25) is 5.02 Å². The highest BCUT2D eigenvalue weighted by Gasteiger charge is 2.12. The van der Waals surface area contributed by atoms with Gasteiger partial charge in [-0.05, 0) is 18.6 Å². The molecular weight excluding hydrogens is 312 g/mol. The second-order valence-electron chi connectivity index (χ2n) is 6.03. The van der Waals surface area contributed by atoms with Gasteiger partial charge >= 0.3 is 0 Å². The van der Waals surface area contributed by atoms with Crippen molar-refractivity contribution in [1.29, 1.82) is 0 Å². The van der Waals surface area contributed by atoms with Gasteiger partial charge in [0.1, 0.15) is 5.69 Å². The molecule has 0 saturated carbocycles. The highest BCUT2D eigenvalue weighted by atomic mass is 35.5. The third-order valence-corrected chi connectivity index (χ3v) is 4.24. The number of benzene rings is 1. The van der Waals surface area contributed by atoms with Gasteiger partial charge < -0.3 is 5.32 Å². The van der Waals surface area contributed by atoms with E-state index in [0.29, 0.717) is 10.7 Å². The van der Waals surface area contributed by atoms with Crippen LogP contribution in [0.25, 0.3) is 0 Å². The van der Waals surface area contributed by atoms with Gasteiger partial charge in [-0.25, -0.2) is 0 Å². The number of hydrogen-bond acceptors (Lipinski definition) is 3. The van der Waals surface area contributed by atoms with Crippen molar-refractivity contribution in [2.24, 2.45) is 0 Å². The number of rotatable bonds is 13. The van der Waals surface area contributed by atoms with Crippen molar-refractivity contribution >= 4 is 23.0 Å². The second-order valence-corrected chi connectivity index (χ2v) is 6.46. The first-order chi connectivity index (χ1) is 11.1. The van der Waals surface area contributed by atoms with Gasteiger partial charge in [-0.15, -0.1) is 0 Å². The fourth-order valence-corrected chi connectivity index (χ4v) is 2.82. The number of anilines is 1. The molecule has 0 bridgehead atoms. The molecule has 0 unspecified atom stereocenters. The summed E-state index contributed by atoms with van der Waals surface area (Å²) >= 11 is 5.90. The molecule has 0 fully saturated rings. The van der Waals surface area contributed by atoms with Crippen molar-refractivity contribution in [3.05, 3.63) is 33.3 Å². The van der Waals surface area contributed by atoms with Gasteiger partial charge in [0.05, 0.1) is 4.92 Å². The molecule has 0 saturated heterocycles. The normalized spacial score (nSPS) is 10.7. The lowest BCUT2D eigenvalue weighted by Crippen LogP contribution is -2.04. The second kappa shape index (κ2) is 12.2. The number of unbranched alkanes of at least 4 members (excludes halogenated alkanes) is 9. The molecule has 0 atom stereocenters. The average molecular weight is 341 g/mol. The summed E-state index contributed by atoms with van der Waals surface area (Å²) in [6, 6.07) is 4.62. The molecule has 5 heteroatoms. The van der Waals surface area contributed by atoms with Crippen LogP contribution >= 0.6 is 11.6 Å². The molecule has 4 nitrogen and oxygen atoms in total. The highest BCUT2D eigenvalue weighted by molar-refractivity contribution is 6.31. The fourth-order valence-electron chi connectivity index (χ4n) is 2.64. The van der Waals surface area contributed by atoms with E-state index in [4.69, 9.17) is 11.6 Å². The third-order valence-electron chi connectivity index (χ3n) is 4.00. The Morgan fingerprint density at radius 2 is 1.57 bits per heavy atom. The van der Waals surface area contributed by atoms with Gasteiger partial charge in [-0.3, -0.25) is 10.1 Å². The van der Waals surface area contributed by atoms with E-state index in [0.717, 1.165) is 19.4 Å². The number of halogens is 1. The number of nitro benzene ring substituents is 1. The van der Waals surface area contributed by atoms with Crippen LogP contribution in [0.15, 0.2) is 18.2 Å². The Morgan fingerprint density at radius 1 is 1.00 bits per heavy atom. The molecule has 1 rings (SSSR count). The topological polar surface area (TPSA) is 55.2 Å². The van der Waals surface area contributed by atoms with Crippen molar-refractivity contribution in [3.8, 4) is 0 Å². The van der Waals surface area contributed by atoms with Crippen molar-refractivity contribution < 1.29 is 4.92 Å². The zero-order chi connectivity index (χ0) is 16.9. The zero-order valence-corrected chi connectivity index (χ0v) is 14.9. The summed E-state index contributed by atoms with van der Waals surface area (Å²) in [4.78, 5) is 10.6. The lowest BCUT2D eigenvalue weighted by atomic mass is 10.1. The Hall–Kier alpha value is -1.29. The third kappa shape index (κ3) is 8.80. The first-order valence-electron chi connectivity index (χ1n) is 8.83. The first kappa shape index (κ1) is 19.8. The van der Waals surface area contributed by atoms with Gasteiger partial charge in [0.15, 0.2) is 0 Å². The molecule has 0 spiro atoms. The van der Waals surface area contributed by atoms with Crippen LogP contribution in [0.3, 0.4) is 0 Å². The summed E-state index contributed by atoms with van der Waals surface area (Å²) in [6.45, 7) is 2.99. The Bertz CT molecular complexity index is 466. The monoisotopic (exact) mass is 340 g/mol. The lowest BCUT2D eigenvalue weighted by molar-refractivity contribution is -0.384. The number of nitrogens with zero attached hydrogens (tertiary/aromatic N) is 1. The summed E-state index contributed by atoms with van der Waals surface area (Å²) in [5.74, 6) is 0. The Morgan fingerprint density at radius 3 is 2.13 bits per heavy atom. The molecule has 0 aliphatic heterocycles. The van der Waals surface area contributed by atoms with Gasteiger partial charge in [0, 0.05) is 17.6 Å². The van der Waals surface area contributed by atoms with E-state index in [-0.39, 0.29) is 10.6 Å². The Labute approximate surface area is 144 Å². The van der Waals surface area contributed by atoms with Crippen molar-refractivity contribution in [2.45, 2.75) is 71.1 Å². The molecular formula is C18H29ClN2O2. The molecule has 0 aromatic heterocycles. The fraction of sp³-hybridized carbons (Fsp3) is 0.667. The maximum Gasteiger partial charge on any atom is 0.292 e. The molecule has 1 aromatic rings. The van der Waals surface area contributed by atoms with E-state index in [2.05, 4.69) is 12.2 Å². The van der Waals surface area contributed by atoms with E-state index in [1.165, 1.54) is 57.4 Å². The van der Waals surface area contributed by atoms with Gasteiger partial charge in [0.25, 0.3) is 5.69 Å². The minimum atomic E-state index is -0.378. The number of nitro groups is 1. The zero-order valence-electron chi connectivity index (χ0n) is 14.2. The van der Waals surface area contributed by atoms with E-state index in [1.807, 2.05) is 0 Å². The number of hydrogen-bond donors (Lipinski definition) is 1. The largest absolute Gasteiger partial charge is 0.379 e. The average Bonchev–Trinajstić information content (AvgIpc) is 2.52. The minimum absolute atomic E-state index is 0.0847. The van der Waals surface area contributed by atoms with Crippen LogP contribution in [-0.2, 0) is 0 Å². The van der Waals surface area contributed by atoms with Gasteiger partial charge in [-0.2, -0.15) is 0 Å². The van der Waals surface area contributed by atoms with E-state index in [9.17, 15) is 10.1 Å². The van der Waals surface area contributed by atoms with Crippen LogP contribution in [0.4, 0.5) is 11.4 Å². The molecule has 0 aliphatic rings. The molecule has 0 radical (unpaired) electrons. The van der Waals surface area contributed by atoms with Crippen molar-refractivity contribution in [1.82, 2.24) is 0 Å². The molecule has 0 aliphatic carbocycles. The summed E-state index contributed by atoms with van der Waals surface area (Å²) in [6.07, 6.45) is 12.8. The standard InChI is InChI=1S/C18H29ClN2O2/c1-2-3-4-5-6-7-8-9-10-11-14-20-17-15-16(19)12-13-18(17)21(22)23/h12-13,15,20H,2-11,14H2,1H3. The number of nitrogens with one attached hydrogen (secondary N) is 1. The predicted octanol–water partition coefficient (Wildman–Crippen LogP) is 6.58. The molecule has 0 heterocycles. The molecule has 130 valence electrons. The van der Waals surface area contributed by atoms with Crippen LogP contribution in [-0.4, -0.2) is 11.5 Å². The van der Waals surface area contributed by atoms with Gasteiger partial charge in [-0.1, -0.05) is 76.3 Å². The van der Waals surface area contributed by atoms with Gasteiger partial charge in [0.2, 0.25) is 0 Å². The Balaban J connectivity index is 2.09. The maximum atomic E-state index is 11.0. The summed E-state index contributed by atoms with van der Waals surface area (Å²) in [5.41, 5.74) is 0.597. The molecule has 1 N–H and O–H groups in total. The smallest absolute Gasteiger partial charge is 0.292 e. The van der Waals surface area contributed by atoms with Crippen molar-refractivity contribution in [3.63, 3.8) is 0 Å². The predicted molar refractivity (Wildman–Crippen MR) is 98.4 cm³/mol. The van der Waals surface area contributed by atoms with E-state index in [1.54, 1.807) is 12.1 Å². The first-order valence-corrected chi connectivity index (χ1v) is 9.20. The summed E-state index contributed by atoms with van der Waals surface area (Å²) < 4.78 is 0. The van der Waals surface area contributed by atoms with E-state index < -0.39 is 0 Å². The SMILES string of the molecule is CCCCCCCCCCCCNc1cc(Cl)ccc1[N+](=O)[O-]. The van der Waals surface area contributed by atoms with Crippen LogP contribution in [0, 0.1) is 10.1 Å². The molecule has 1 aromatic carbocycles. The molecule has 0 amide bonds. The quantitative estimate of drug-likeness (QED) is 0.250. The summed E-state index contributed by atoms with van der Waals surface area (Å²) in [5, 5.41) is 14.6. The highest BCUT2D eigenvalue weighted by Crippen LogP contribution is 2.27. The lowest BCUT2D eigenvalue weighted by Gasteiger charge is -2.07. The maximum absolute atomic E-state index is 11.0. The van der Waals surface area contributed by atoms with Crippen LogP contribution < -0.4 is 5.32 Å². The van der Waals surface area contributed by atoms with Crippen LogP contribution in [0.5, 0.6) is 0 Å². The van der Waals surface area contributed by atoms with E-state index >= 15 is 0 Å².